The molecule has 1 unspecified atom stereocenters. The molecule has 0 fully saturated rings. The van der Waals surface area contributed by atoms with E-state index in [1.54, 1.807) is 24.3 Å². The Hall–Kier alpha value is -2.66. The number of benzene rings is 2. The van der Waals surface area contributed by atoms with Gasteiger partial charge in [0.2, 0.25) is 0 Å². The number of H-pyrrole nitrogens is 1. The summed E-state index contributed by atoms with van der Waals surface area (Å²) in [5.41, 5.74) is 2.57. The van der Waals surface area contributed by atoms with Crippen LogP contribution < -0.4 is 5.32 Å². The number of carbonyl (C=O) groups excluding carboxylic acids is 1. The van der Waals surface area contributed by atoms with Crippen LogP contribution in [0.2, 0.25) is 0 Å². The molecular weight excluding hydrogens is 290 g/mol. The maximum atomic E-state index is 11.9. The highest BCUT2D eigenvalue weighted by atomic mass is 16.3. The average Bonchev–Trinajstić information content (AvgIpc) is 3.01. The van der Waals surface area contributed by atoms with Gasteiger partial charge in [0.05, 0.1) is 11.0 Å². The van der Waals surface area contributed by atoms with Gasteiger partial charge < -0.3 is 15.4 Å². The largest absolute Gasteiger partial charge is 0.378 e. The summed E-state index contributed by atoms with van der Waals surface area (Å²) in [5, 5.41) is 12.7. The molecule has 3 rings (SSSR count). The number of amides is 1. The Labute approximate surface area is 134 Å². The summed E-state index contributed by atoms with van der Waals surface area (Å²) < 4.78 is 0. The molecule has 1 amide bonds. The first-order valence-corrected chi connectivity index (χ1v) is 7.68. The van der Waals surface area contributed by atoms with Crippen LogP contribution in [0.1, 0.15) is 23.9 Å². The third-order valence-electron chi connectivity index (χ3n) is 3.69. The number of aromatic amines is 1. The van der Waals surface area contributed by atoms with Gasteiger partial charge in [0.25, 0.3) is 5.91 Å². The highest BCUT2D eigenvalue weighted by Gasteiger charge is 2.16. The van der Waals surface area contributed by atoms with Crippen molar-refractivity contribution in [2.75, 3.05) is 6.54 Å². The Kier molecular flexibility index (Phi) is 4.68. The van der Waals surface area contributed by atoms with E-state index >= 15 is 0 Å². The lowest BCUT2D eigenvalue weighted by Crippen LogP contribution is -2.30. The van der Waals surface area contributed by atoms with E-state index in [0.29, 0.717) is 12.1 Å². The minimum Gasteiger partial charge on any atom is -0.378 e. The van der Waals surface area contributed by atoms with Crippen LogP contribution in [0.3, 0.4) is 0 Å². The maximum absolute atomic E-state index is 11.9. The Bertz CT molecular complexity index is 750. The zero-order valence-corrected chi connectivity index (χ0v) is 12.7. The van der Waals surface area contributed by atoms with Crippen molar-refractivity contribution in [3.05, 3.63) is 66.0 Å². The number of carbonyl (C=O) groups is 1. The zero-order valence-electron chi connectivity index (χ0n) is 12.7. The van der Waals surface area contributed by atoms with Crippen LogP contribution in [0, 0.1) is 0 Å². The number of aliphatic hydroxyl groups excluding tert-OH is 1. The van der Waals surface area contributed by atoms with Crippen LogP contribution in [0.25, 0.3) is 11.0 Å². The zero-order chi connectivity index (χ0) is 16.1. The van der Waals surface area contributed by atoms with E-state index in [2.05, 4.69) is 15.3 Å². The van der Waals surface area contributed by atoms with Crippen LogP contribution in [0.15, 0.2) is 54.6 Å². The van der Waals surface area contributed by atoms with Gasteiger partial charge in [0, 0.05) is 13.0 Å². The van der Waals surface area contributed by atoms with E-state index in [9.17, 15) is 9.90 Å². The Morgan fingerprint density at radius 1 is 1.13 bits per heavy atom. The lowest BCUT2D eigenvalue weighted by molar-refractivity contribution is -0.129. The number of aliphatic hydroxyl groups is 1. The van der Waals surface area contributed by atoms with Gasteiger partial charge in [-0.25, -0.2) is 4.98 Å². The van der Waals surface area contributed by atoms with Crippen LogP contribution in [0.4, 0.5) is 0 Å². The van der Waals surface area contributed by atoms with Gasteiger partial charge in [-0.2, -0.15) is 0 Å². The van der Waals surface area contributed by atoms with Crippen molar-refractivity contribution in [3.8, 4) is 0 Å². The monoisotopic (exact) mass is 309 g/mol. The molecule has 0 saturated heterocycles. The fourth-order valence-corrected chi connectivity index (χ4v) is 2.47. The van der Waals surface area contributed by atoms with Gasteiger partial charge in [-0.1, -0.05) is 42.5 Å². The molecule has 0 aliphatic carbocycles. The van der Waals surface area contributed by atoms with E-state index < -0.39 is 6.10 Å². The van der Waals surface area contributed by atoms with Crippen LogP contribution in [-0.2, 0) is 11.2 Å². The van der Waals surface area contributed by atoms with Crippen molar-refractivity contribution in [1.29, 1.82) is 0 Å². The van der Waals surface area contributed by atoms with Crippen molar-refractivity contribution < 1.29 is 9.90 Å². The number of imidazole rings is 1. The quantitative estimate of drug-likeness (QED) is 0.612. The smallest absolute Gasteiger partial charge is 0.253 e. The molecule has 0 bridgehead atoms. The van der Waals surface area contributed by atoms with Crippen LogP contribution in [0.5, 0.6) is 0 Å². The first-order chi connectivity index (χ1) is 11.2. The van der Waals surface area contributed by atoms with Gasteiger partial charge in [-0.15, -0.1) is 0 Å². The fourth-order valence-electron chi connectivity index (χ4n) is 2.47. The standard InChI is InChI=1S/C18H19N3O2/c22-17(13-7-2-1-3-8-13)18(23)19-12-6-11-16-20-14-9-4-5-10-15(14)21-16/h1-5,7-10,17,22H,6,11-12H2,(H,19,23)(H,20,21). The van der Waals surface area contributed by atoms with Gasteiger partial charge in [0.15, 0.2) is 6.10 Å². The van der Waals surface area contributed by atoms with Crippen LogP contribution >= 0.6 is 0 Å². The molecule has 3 N–H and O–H groups in total. The van der Waals surface area contributed by atoms with Crippen molar-refractivity contribution >= 4 is 16.9 Å². The van der Waals surface area contributed by atoms with Crippen molar-refractivity contribution in [3.63, 3.8) is 0 Å². The maximum Gasteiger partial charge on any atom is 0.253 e. The second-order valence-corrected chi connectivity index (χ2v) is 5.41. The predicted octanol–water partition coefficient (Wildman–Crippen LogP) is 2.35. The minimum atomic E-state index is -1.12. The number of aromatic nitrogens is 2. The van der Waals surface area contributed by atoms with E-state index in [1.165, 1.54) is 0 Å². The summed E-state index contributed by atoms with van der Waals surface area (Å²) in [4.78, 5) is 19.7. The second kappa shape index (κ2) is 7.07. The molecule has 1 aromatic heterocycles. The molecule has 1 heterocycles. The van der Waals surface area contributed by atoms with Crippen molar-refractivity contribution in [2.45, 2.75) is 18.9 Å². The molecule has 5 nitrogen and oxygen atoms in total. The molecule has 0 spiro atoms. The number of fused-ring (bicyclic) bond motifs is 1. The Morgan fingerprint density at radius 3 is 2.65 bits per heavy atom. The van der Waals surface area contributed by atoms with Crippen LogP contribution in [-0.4, -0.2) is 27.5 Å². The highest BCUT2D eigenvalue weighted by Crippen LogP contribution is 2.13. The second-order valence-electron chi connectivity index (χ2n) is 5.41. The molecule has 3 aromatic rings. The lowest BCUT2D eigenvalue weighted by atomic mass is 10.1. The molecule has 5 heteroatoms. The number of nitrogens with one attached hydrogen (secondary N) is 2. The molecule has 23 heavy (non-hydrogen) atoms. The third-order valence-corrected chi connectivity index (χ3v) is 3.69. The minimum absolute atomic E-state index is 0.374. The van der Waals surface area contributed by atoms with E-state index in [4.69, 9.17) is 0 Å². The average molecular weight is 309 g/mol. The van der Waals surface area contributed by atoms with Gasteiger partial charge in [-0.3, -0.25) is 4.79 Å². The first kappa shape index (κ1) is 15.2. The number of hydrogen-bond donors (Lipinski definition) is 3. The van der Waals surface area contributed by atoms with Crippen molar-refractivity contribution in [1.82, 2.24) is 15.3 Å². The normalized spacial score (nSPS) is 12.2. The predicted molar refractivity (Wildman–Crippen MR) is 88.8 cm³/mol. The molecular formula is C18H19N3O2. The Balaban J connectivity index is 1.47. The summed E-state index contributed by atoms with van der Waals surface area (Å²) >= 11 is 0. The molecule has 118 valence electrons. The topological polar surface area (TPSA) is 78.0 Å². The summed E-state index contributed by atoms with van der Waals surface area (Å²) in [6, 6.07) is 16.8. The Morgan fingerprint density at radius 2 is 1.87 bits per heavy atom. The molecule has 2 aromatic carbocycles. The molecule has 1 atom stereocenters. The highest BCUT2D eigenvalue weighted by molar-refractivity contribution is 5.81. The van der Waals surface area contributed by atoms with Crippen molar-refractivity contribution in [2.24, 2.45) is 0 Å². The molecule has 0 radical (unpaired) electrons. The lowest BCUT2D eigenvalue weighted by Gasteiger charge is -2.11. The number of para-hydroxylation sites is 2. The number of hydrogen-bond acceptors (Lipinski definition) is 3. The SMILES string of the molecule is O=C(NCCCc1nc2ccccc2[nH]1)C(O)c1ccccc1. The number of nitrogens with zero attached hydrogens (tertiary/aromatic N) is 1. The number of rotatable bonds is 6. The molecule has 0 aliphatic heterocycles. The van der Waals surface area contributed by atoms with Gasteiger partial charge in [-0.05, 0) is 24.1 Å². The summed E-state index contributed by atoms with van der Waals surface area (Å²) in [6.07, 6.45) is 0.381. The fraction of sp³-hybridized carbons (Fsp3) is 0.222. The molecule has 0 aliphatic rings. The first-order valence-electron chi connectivity index (χ1n) is 7.68. The summed E-state index contributed by atoms with van der Waals surface area (Å²) in [5.74, 6) is 0.532. The summed E-state index contributed by atoms with van der Waals surface area (Å²) in [6.45, 7) is 0.500. The number of aryl methyl sites for hydroxylation is 1. The van der Waals surface area contributed by atoms with Gasteiger partial charge in [0.1, 0.15) is 5.82 Å². The molecule has 0 saturated carbocycles. The van der Waals surface area contributed by atoms with E-state index in [-0.39, 0.29) is 5.91 Å². The van der Waals surface area contributed by atoms with E-state index in [1.807, 2.05) is 30.3 Å². The third kappa shape index (κ3) is 3.76. The summed E-state index contributed by atoms with van der Waals surface area (Å²) in [7, 11) is 0. The van der Waals surface area contributed by atoms with E-state index in [0.717, 1.165) is 29.7 Å². The van der Waals surface area contributed by atoms with Gasteiger partial charge >= 0.3 is 0 Å².